The summed E-state index contributed by atoms with van der Waals surface area (Å²) in [6.07, 6.45) is 0. The minimum Gasteiger partial charge on any atom is -0.493 e. The molecule has 0 saturated heterocycles. The van der Waals surface area contributed by atoms with Crippen LogP contribution in [-0.2, 0) is 17.9 Å². The van der Waals surface area contributed by atoms with Crippen LogP contribution < -0.4 is 14.8 Å². The Morgan fingerprint density at radius 2 is 1.73 bits per heavy atom. The highest BCUT2D eigenvalue weighted by atomic mass is 32.2. The Hall–Kier alpha value is -3.06. The molecular weight excluding hydrogens is 408 g/mol. The molecule has 156 valence electrons. The summed E-state index contributed by atoms with van der Waals surface area (Å²) in [4.78, 5) is 12.6. The van der Waals surface area contributed by atoms with Crippen molar-refractivity contribution in [3.05, 3.63) is 89.5 Å². The lowest BCUT2D eigenvalue weighted by Gasteiger charge is -2.13. The predicted molar refractivity (Wildman–Crippen MR) is 113 cm³/mol. The number of carbonyl (C=O) groups is 1. The van der Waals surface area contributed by atoms with E-state index in [1.54, 1.807) is 13.2 Å². The zero-order chi connectivity index (χ0) is 21.3. The molecule has 1 amide bonds. The van der Waals surface area contributed by atoms with Gasteiger partial charge >= 0.3 is 0 Å². The molecule has 0 bridgehead atoms. The lowest BCUT2D eigenvalue weighted by molar-refractivity contribution is -0.118. The van der Waals surface area contributed by atoms with E-state index in [1.807, 2.05) is 42.5 Å². The number of rotatable bonds is 9. The van der Waals surface area contributed by atoms with Gasteiger partial charge in [-0.15, -0.1) is 11.8 Å². The molecule has 7 heteroatoms. The van der Waals surface area contributed by atoms with Gasteiger partial charge in [0.1, 0.15) is 6.61 Å². The summed E-state index contributed by atoms with van der Waals surface area (Å²) in [5.74, 6) is -0.760. The number of benzene rings is 3. The smallest absolute Gasteiger partial charge is 0.230 e. The quantitative estimate of drug-likeness (QED) is 0.489. The number of amides is 1. The number of methoxy groups -OCH3 is 1. The average Bonchev–Trinajstić information content (AvgIpc) is 2.78. The average molecular weight is 429 g/mol. The molecule has 0 heterocycles. The maximum Gasteiger partial charge on any atom is 0.230 e. The second-order valence-electron chi connectivity index (χ2n) is 6.40. The third-order valence-electron chi connectivity index (χ3n) is 4.22. The molecule has 3 aromatic carbocycles. The van der Waals surface area contributed by atoms with Crippen LogP contribution in [0, 0.1) is 11.6 Å². The van der Waals surface area contributed by atoms with Crippen LogP contribution in [0.2, 0.25) is 0 Å². The maximum atomic E-state index is 13.2. The Morgan fingerprint density at radius 3 is 2.47 bits per heavy atom. The van der Waals surface area contributed by atoms with Crippen LogP contribution in [0.15, 0.2) is 71.6 Å². The van der Waals surface area contributed by atoms with E-state index in [0.717, 1.165) is 35.0 Å². The van der Waals surface area contributed by atoms with Gasteiger partial charge < -0.3 is 14.8 Å². The molecule has 3 aromatic rings. The molecule has 4 nitrogen and oxygen atoms in total. The van der Waals surface area contributed by atoms with E-state index in [9.17, 15) is 13.6 Å². The Kier molecular flexibility index (Phi) is 7.68. The van der Waals surface area contributed by atoms with Gasteiger partial charge in [0.05, 0.1) is 12.9 Å². The summed E-state index contributed by atoms with van der Waals surface area (Å²) in [5.41, 5.74) is 1.90. The van der Waals surface area contributed by atoms with Crippen molar-refractivity contribution in [3.8, 4) is 11.5 Å². The first-order chi connectivity index (χ1) is 14.5. The summed E-state index contributed by atoms with van der Waals surface area (Å²) in [6, 6.07) is 18.8. The first kappa shape index (κ1) is 21.6. The minimum absolute atomic E-state index is 0.0977. The van der Waals surface area contributed by atoms with Crippen LogP contribution in [0.1, 0.15) is 11.1 Å². The number of carbonyl (C=O) groups excluding carboxylic acids is 1. The van der Waals surface area contributed by atoms with Crippen molar-refractivity contribution in [2.24, 2.45) is 0 Å². The molecule has 0 saturated carbocycles. The SMILES string of the molecule is COc1cc(CNC(=O)CSc2ccc(F)c(F)c2)ccc1OCc1ccccc1. The summed E-state index contributed by atoms with van der Waals surface area (Å²) < 4.78 is 37.4. The van der Waals surface area contributed by atoms with Crippen LogP contribution >= 0.6 is 11.8 Å². The monoisotopic (exact) mass is 429 g/mol. The van der Waals surface area contributed by atoms with Gasteiger partial charge in [0.25, 0.3) is 0 Å². The lowest BCUT2D eigenvalue weighted by Crippen LogP contribution is -2.24. The van der Waals surface area contributed by atoms with Crippen molar-refractivity contribution >= 4 is 17.7 Å². The molecule has 30 heavy (non-hydrogen) atoms. The third kappa shape index (κ3) is 6.22. The lowest BCUT2D eigenvalue weighted by atomic mass is 10.2. The Bertz CT molecular complexity index is 999. The van der Waals surface area contributed by atoms with Crippen molar-refractivity contribution in [2.75, 3.05) is 12.9 Å². The van der Waals surface area contributed by atoms with Crippen molar-refractivity contribution in [3.63, 3.8) is 0 Å². The van der Waals surface area contributed by atoms with Gasteiger partial charge in [0.15, 0.2) is 23.1 Å². The van der Waals surface area contributed by atoms with E-state index in [1.165, 1.54) is 6.07 Å². The van der Waals surface area contributed by atoms with E-state index >= 15 is 0 Å². The number of thioether (sulfide) groups is 1. The molecule has 0 unspecified atom stereocenters. The van der Waals surface area contributed by atoms with Crippen LogP contribution in [0.5, 0.6) is 11.5 Å². The summed E-state index contributed by atoms with van der Waals surface area (Å²) in [5, 5.41) is 2.80. The largest absolute Gasteiger partial charge is 0.493 e. The zero-order valence-corrected chi connectivity index (χ0v) is 17.2. The summed E-state index contributed by atoms with van der Waals surface area (Å²) >= 11 is 1.14. The second kappa shape index (κ2) is 10.6. The fraction of sp³-hybridized carbons (Fsp3) is 0.174. The molecule has 0 aromatic heterocycles. The minimum atomic E-state index is -0.929. The predicted octanol–water partition coefficient (Wildman–Crippen LogP) is 4.96. The maximum absolute atomic E-state index is 13.2. The van der Waals surface area contributed by atoms with E-state index in [0.29, 0.717) is 29.5 Å². The molecule has 0 aliphatic carbocycles. The first-order valence-electron chi connectivity index (χ1n) is 9.23. The fourth-order valence-electron chi connectivity index (χ4n) is 2.64. The number of hydrogen-bond acceptors (Lipinski definition) is 4. The van der Waals surface area contributed by atoms with Crippen molar-refractivity contribution in [1.82, 2.24) is 5.32 Å². The highest BCUT2D eigenvalue weighted by Gasteiger charge is 2.09. The molecule has 0 atom stereocenters. The van der Waals surface area contributed by atoms with Crippen molar-refractivity contribution in [2.45, 2.75) is 18.0 Å². The van der Waals surface area contributed by atoms with E-state index in [2.05, 4.69) is 5.32 Å². The van der Waals surface area contributed by atoms with Crippen molar-refractivity contribution in [1.29, 1.82) is 0 Å². The van der Waals surface area contributed by atoms with Gasteiger partial charge in [0, 0.05) is 11.4 Å². The van der Waals surface area contributed by atoms with E-state index < -0.39 is 11.6 Å². The van der Waals surface area contributed by atoms with Crippen molar-refractivity contribution < 1.29 is 23.0 Å². The van der Waals surface area contributed by atoms with E-state index in [-0.39, 0.29) is 11.7 Å². The molecule has 0 aliphatic heterocycles. The van der Waals surface area contributed by atoms with E-state index in [4.69, 9.17) is 9.47 Å². The molecular formula is C23H21F2NO3S. The van der Waals surface area contributed by atoms with Crippen LogP contribution in [-0.4, -0.2) is 18.8 Å². The number of halogens is 2. The van der Waals surface area contributed by atoms with Gasteiger partial charge in [0.2, 0.25) is 5.91 Å². The van der Waals surface area contributed by atoms with Gasteiger partial charge in [-0.1, -0.05) is 36.4 Å². The van der Waals surface area contributed by atoms with Gasteiger partial charge in [-0.2, -0.15) is 0 Å². The number of hydrogen-bond donors (Lipinski definition) is 1. The molecule has 0 aliphatic rings. The zero-order valence-electron chi connectivity index (χ0n) is 16.4. The number of ether oxygens (including phenoxy) is 2. The Balaban J connectivity index is 1.50. The highest BCUT2D eigenvalue weighted by Crippen LogP contribution is 2.29. The standard InChI is InChI=1S/C23H21F2NO3S/c1-28-22-11-17(7-10-21(22)29-14-16-5-3-2-4-6-16)13-26-23(27)15-30-18-8-9-19(24)20(25)12-18/h2-12H,13-15H2,1H3,(H,26,27). The first-order valence-corrected chi connectivity index (χ1v) is 10.2. The normalized spacial score (nSPS) is 10.5. The molecule has 3 rings (SSSR count). The second-order valence-corrected chi connectivity index (χ2v) is 7.45. The molecule has 1 N–H and O–H groups in total. The topological polar surface area (TPSA) is 47.6 Å². The number of nitrogens with one attached hydrogen (secondary N) is 1. The van der Waals surface area contributed by atoms with Crippen LogP contribution in [0.3, 0.4) is 0 Å². The molecule has 0 fully saturated rings. The molecule has 0 radical (unpaired) electrons. The Morgan fingerprint density at radius 1 is 0.933 bits per heavy atom. The van der Waals surface area contributed by atoms with Gasteiger partial charge in [-0.05, 0) is 41.5 Å². The summed E-state index contributed by atoms with van der Waals surface area (Å²) in [6.45, 7) is 0.737. The van der Waals surface area contributed by atoms with Gasteiger partial charge in [-0.3, -0.25) is 4.79 Å². The Labute approximate surface area is 178 Å². The van der Waals surface area contributed by atoms with Gasteiger partial charge in [-0.25, -0.2) is 8.78 Å². The fourth-order valence-corrected chi connectivity index (χ4v) is 3.39. The van der Waals surface area contributed by atoms with Crippen LogP contribution in [0.25, 0.3) is 0 Å². The molecule has 0 spiro atoms. The summed E-state index contributed by atoms with van der Waals surface area (Å²) in [7, 11) is 1.56. The van der Waals surface area contributed by atoms with Crippen LogP contribution in [0.4, 0.5) is 8.78 Å². The third-order valence-corrected chi connectivity index (χ3v) is 5.21. The highest BCUT2D eigenvalue weighted by molar-refractivity contribution is 8.00.